The Hall–Kier alpha value is -2.01. The van der Waals surface area contributed by atoms with Gasteiger partial charge in [-0.25, -0.2) is 4.98 Å². The molecule has 3 rings (SSSR count). The van der Waals surface area contributed by atoms with Crippen molar-refractivity contribution in [2.45, 2.75) is 12.6 Å². The molecule has 5 heteroatoms. The average Bonchev–Trinajstić information content (AvgIpc) is 2.87. The predicted octanol–water partition coefficient (Wildman–Crippen LogP) is 2.40. The van der Waals surface area contributed by atoms with E-state index in [-0.39, 0.29) is 6.10 Å². The predicted molar refractivity (Wildman–Crippen MR) is 61.9 cm³/mol. The number of imidazole rings is 1. The molecular formula is C12H11N3O2. The van der Waals surface area contributed by atoms with Crippen molar-refractivity contribution < 1.29 is 4.74 Å². The molecule has 86 valence electrons. The summed E-state index contributed by atoms with van der Waals surface area (Å²) in [6.07, 6.45) is 3.52. The second-order valence-corrected chi connectivity index (χ2v) is 3.95. The van der Waals surface area contributed by atoms with Crippen LogP contribution in [0.3, 0.4) is 0 Å². The highest BCUT2D eigenvalue weighted by atomic mass is 16.5. The maximum Gasteiger partial charge on any atom is 0.124 e. The molecule has 0 amide bonds. The lowest BCUT2D eigenvalue weighted by Crippen LogP contribution is -2.21. The summed E-state index contributed by atoms with van der Waals surface area (Å²) in [6, 6.07) is 7.12. The Morgan fingerprint density at radius 2 is 2.18 bits per heavy atom. The summed E-state index contributed by atoms with van der Waals surface area (Å²) in [6.45, 7) is 1.50. The van der Waals surface area contributed by atoms with Crippen molar-refractivity contribution in [2.75, 3.05) is 6.61 Å². The van der Waals surface area contributed by atoms with Crippen LogP contribution in [0.5, 0.6) is 0 Å². The second kappa shape index (κ2) is 4.10. The Morgan fingerprint density at radius 3 is 2.94 bits per heavy atom. The Balaban J connectivity index is 1.97. The fourth-order valence-electron chi connectivity index (χ4n) is 2.07. The number of rotatable bonds is 2. The van der Waals surface area contributed by atoms with E-state index in [2.05, 4.69) is 14.7 Å². The molecule has 0 saturated heterocycles. The van der Waals surface area contributed by atoms with Gasteiger partial charge in [-0.1, -0.05) is 12.1 Å². The zero-order valence-corrected chi connectivity index (χ0v) is 9.11. The average molecular weight is 229 g/mol. The van der Waals surface area contributed by atoms with Crippen LogP contribution in [0.4, 0.5) is 5.69 Å². The largest absolute Gasteiger partial charge is 0.365 e. The highest BCUT2D eigenvalue weighted by Crippen LogP contribution is 2.29. The molecule has 1 aliphatic rings. The lowest BCUT2D eigenvalue weighted by Gasteiger charge is -2.25. The molecule has 0 saturated carbocycles. The summed E-state index contributed by atoms with van der Waals surface area (Å²) < 4.78 is 7.84. The molecule has 1 aromatic heterocycles. The molecule has 0 fully saturated rings. The third kappa shape index (κ3) is 1.74. The first-order valence-corrected chi connectivity index (χ1v) is 5.43. The number of aromatic nitrogens is 2. The third-order valence-corrected chi connectivity index (χ3v) is 2.93. The fourth-order valence-corrected chi connectivity index (χ4v) is 2.07. The van der Waals surface area contributed by atoms with Crippen molar-refractivity contribution in [3.05, 3.63) is 53.0 Å². The van der Waals surface area contributed by atoms with Gasteiger partial charge in [0.2, 0.25) is 0 Å². The molecule has 0 spiro atoms. The molecule has 1 atom stereocenters. The third-order valence-electron chi connectivity index (χ3n) is 2.93. The van der Waals surface area contributed by atoms with Crippen LogP contribution in [-0.4, -0.2) is 16.2 Å². The summed E-state index contributed by atoms with van der Waals surface area (Å²) >= 11 is 0. The highest BCUT2D eigenvalue weighted by molar-refractivity contribution is 5.40. The first-order valence-electron chi connectivity index (χ1n) is 5.43. The lowest BCUT2D eigenvalue weighted by atomic mass is 10.1. The Labute approximate surface area is 98.0 Å². The standard InChI is InChI=1S/C12H11N3O2/c16-14-10-3-1-9(2-4-10)12-11-7-13-8-15(11)5-6-17-12/h1-4,7-8,12H,5-6H2. The van der Waals surface area contributed by atoms with E-state index in [1.807, 2.05) is 24.7 Å². The van der Waals surface area contributed by atoms with E-state index in [4.69, 9.17) is 4.74 Å². The highest BCUT2D eigenvalue weighted by Gasteiger charge is 2.22. The summed E-state index contributed by atoms with van der Waals surface area (Å²) in [4.78, 5) is 14.5. The maximum absolute atomic E-state index is 10.4. The summed E-state index contributed by atoms with van der Waals surface area (Å²) in [5.74, 6) is 0. The summed E-state index contributed by atoms with van der Waals surface area (Å²) in [7, 11) is 0. The van der Waals surface area contributed by atoms with Crippen LogP contribution >= 0.6 is 0 Å². The number of fused-ring (bicyclic) bond motifs is 1. The van der Waals surface area contributed by atoms with Crippen molar-refractivity contribution in [3.63, 3.8) is 0 Å². The van der Waals surface area contributed by atoms with E-state index in [9.17, 15) is 4.91 Å². The fraction of sp³-hybridized carbons (Fsp3) is 0.250. The van der Waals surface area contributed by atoms with E-state index in [1.54, 1.807) is 12.1 Å². The van der Waals surface area contributed by atoms with Gasteiger partial charge in [-0.15, -0.1) is 4.91 Å². The Bertz CT molecular complexity index is 533. The molecule has 1 unspecified atom stereocenters. The molecule has 2 aromatic rings. The smallest absolute Gasteiger partial charge is 0.124 e. The minimum atomic E-state index is -0.105. The van der Waals surface area contributed by atoms with Gasteiger partial charge in [0, 0.05) is 6.54 Å². The zero-order valence-electron chi connectivity index (χ0n) is 9.11. The SMILES string of the molecule is O=Nc1ccc(C2OCCn3cncc32)cc1. The molecule has 1 aliphatic heterocycles. The van der Waals surface area contributed by atoms with E-state index in [1.165, 1.54) is 0 Å². The lowest BCUT2D eigenvalue weighted by molar-refractivity contribution is 0.0465. The Kier molecular flexibility index (Phi) is 2.45. The van der Waals surface area contributed by atoms with Gasteiger partial charge in [0.15, 0.2) is 0 Å². The topological polar surface area (TPSA) is 56.5 Å². The Morgan fingerprint density at radius 1 is 1.35 bits per heavy atom. The van der Waals surface area contributed by atoms with Gasteiger partial charge in [-0.2, -0.15) is 0 Å². The molecule has 5 nitrogen and oxygen atoms in total. The van der Waals surface area contributed by atoms with Crippen LogP contribution in [0.2, 0.25) is 0 Å². The van der Waals surface area contributed by atoms with Crippen molar-refractivity contribution >= 4 is 5.69 Å². The molecule has 17 heavy (non-hydrogen) atoms. The van der Waals surface area contributed by atoms with Crippen molar-refractivity contribution in [2.24, 2.45) is 5.18 Å². The van der Waals surface area contributed by atoms with Crippen LogP contribution < -0.4 is 0 Å². The molecule has 1 aromatic carbocycles. The molecule has 2 heterocycles. The van der Waals surface area contributed by atoms with Gasteiger partial charge < -0.3 is 9.30 Å². The maximum atomic E-state index is 10.4. The van der Waals surface area contributed by atoms with Crippen LogP contribution in [-0.2, 0) is 11.3 Å². The van der Waals surface area contributed by atoms with Crippen LogP contribution in [0.1, 0.15) is 17.4 Å². The van der Waals surface area contributed by atoms with Gasteiger partial charge in [-0.3, -0.25) is 0 Å². The van der Waals surface area contributed by atoms with Crippen LogP contribution in [0, 0.1) is 4.91 Å². The summed E-state index contributed by atoms with van der Waals surface area (Å²) in [5, 5.41) is 2.88. The normalized spacial score (nSPS) is 18.7. The monoisotopic (exact) mass is 229 g/mol. The van der Waals surface area contributed by atoms with Crippen molar-refractivity contribution in [1.29, 1.82) is 0 Å². The van der Waals surface area contributed by atoms with Gasteiger partial charge in [0.05, 0.1) is 24.8 Å². The van der Waals surface area contributed by atoms with Crippen molar-refractivity contribution in [1.82, 2.24) is 9.55 Å². The van der Waals surface area contributed by atoms with Gasteiger partial charge in [0.1, 0.15) is 11.8 Å². The molecular weight excluding hydrogens is 218 g/mol. The van der Waals surface area contributed by atoms with Crippen LogP contribution in [0.15, 0.2) is 42.0 Å². The number of benzene rings is 1. The first kappa shape index (κ1) is 10.2. The zero-order chi connectivity index (χ0) is 11.7. The minimum absolute atomic E-state index is 0.105. The van der Waals surface area contributed by atoms with Gasteiger partial charge in [-0.05, 0) is 22.9 Å². The van der Waals surface area contributed by atoms with Gasteiger partial charge in [0.25, 0.3) is 0 Å². The molecule has 0 bridgehead atoms. The number of nitroso groups, excluding NO2 is 1. The molecule has 0 aliphatic carbocycles. The van der Waals surface area contributed by atoms with E-state index in [0.717, 1.165) is 17.8 Å². The van der Waals surface area contributed by atoms with E-state index in [0.29, 0.717) is 12.3 Å². The number of hydrogen-bond donors (Lipinski definition) is 0. The number of nitrogens with zero attached hydrogens (tertiary/aromatic N) is 3. The number of hydrogen-bond acceptors (Lipinski definition) is 4. The van der Waals surface area contributed by atoms with E-state index >= 15 is 0 Å². The first-order chi connectivity index (χ1) is 8.38. The molecule has 0 radical (unpaired) electrons. The second-order valence-electron chi connectivity index (χ2n) is 3.95. The van der Waals surface area contributed by atoms with Crippen LogP contribution in [0.25, 0.3) is 0 Å². The van der Waals surface area contributed by atoms with Crippen molar-refractivity contribution in [3.8, 4) is 0 Å². The van der Waals surface area contributed by atoms with E-state index < -0.39 is 0 Å². The summed E-state index contributed by atoms with van der Waals surface area (Å²) in [5.41, 5.74) is 2.49. The number of ether oxygens (including phenoxy) is 1. The quantitative estimate of drug-likeness (QED) is 0.743. The van der Waals surface area contributed by atoms with Gasteiger partial charge >= 0.3 is 0 Å². The molecule has 0 N–H and O–H groups in total. The minimum Gasteiger partial charge on any atom is -0.365 e.